The van der Waals surface area contributed by atoms with Gasteiger partial charge in [-0.1, -0.05) is 26.3 Å². The number of rotatable bonds is 7. The van der Waals surface area contributed by atoms with Crippen LogP contribution in [0.25, 0.3) is 0 Å². The van der Waals surface area contributed by atoms with Gasteiger partial charge in [0.2, 0.25) is 0 Å². The van der Waals surface area contributed by atoms with E-state index < -0.39 is 0 Å². The van der Waals surface area contributed by atoms with Crippen LogP contribution in [0.1, 0.15) is 30.6 Å². The molecule has 1 amide bonds. The van der Waals surface area contributed by atoms with E-state index in [0.717, 1.165) is 18.7 Å². The molecule has 0 saturated carbocycles. The summed E-state index contributed by atoms with van der Waals surface area (Å²) in [5, 5.41) is 14.6. The Morgan fingerprint density at radius 3 is 2.89 bits per heavy atom. The predicted molar refractivity (Wildman–Crippen MR) is 73.8 cm³/mol. The molecule has 0 aliphatic rings. The second kappa shape index (κ2) is 7.71. The molecule has 18 heavy (non-hydrogen) atoms. The van der Waals surface area contributed by atoms with Gasteiger partial charge in [0.25, 0.3) is 5.91 Å². The van der Waals surface area contributed by atoms with Crippen LogP contribution >= 0.6 is 0 Å². The highest BCUT2D eigenvalue weighted by molar-refractivity contribution is 5.95. The monoisotopic (exact) mass is 250 g/mol. The van der Waals surface area contributed by atoms with Crippen LogP contribution in [-0.2, 0) is 0 Å². The summed E-state index contributed by atoms with van der Waals surface area (Å²) < 4.78 is 0. The topological polar surface area (TPSA) is 61.4 Å². The molecule has 4 heteroatoms. The van der Waals surface area contributed by atoms with Crippen molar-refractivity contribution in [2.75, 3.05) is 25.0 Å². The van der Waals surface area contributed by atoms with E-state index in [2.05, 4.69) is 24.5 Å². The smallest absolute Gasteiger partial charge is 0.251 e. The molecule has 0 fully saturated rings. The number of hydrogen-bond acceptors (Lipinski definition) is 3. The summed E-state index contributed by atoms with van der Waals surface area (Å²) >= 11 is 0. The van der Waals surface area contributed by atoms with E-state index in [9.17, 15) is 4.79 Å². The Labute approximate surface area is 108 Å². The van der Waals surface area contributed by atoms with Gasteiger partial charge in [0.05, 0.1) is 6.61 Å². The normalized spacial score (nSPS) is 11.9. The van der Waals surface area contributed by atoms with Crippen LogP contribution in [-0.4, -0.2) is 30.7 Å². The van der Waals surface area contributed by atoms with Crippen LogP contribution in [0.5, 0.6) is 0 Å². The highest BCUT2D eigenvalue weighted by atomic mass is 16.3. The molecule has 0 saturated heterocycles. The van der Waals surface area contributed by atoms with E-state index in [1.165, 1.54) is 0 Å². The zero-order chi connectivity index (χ0) is 13.4. The maximum absolute atomic E-state index is 11.7. The molecular formula is C14H22N2O2. The number of nitrogens with one attached hydrogen (secondary N) is 2. The SMILES string of the molecule is CCC(C)CNc1cccc(C(=O)NCCO)c1. The summed E-state index contributed by atoms with van der Waals surface area (Å²) in [6.45, 7) is 5.48. The molecule has 100 valence electrons. The number of amides is 1. The highest BCUT2D eigenvalue weighted by Crippen LogP contribution is 2.12. The first-order chi connectivity index (χ1) is 8.67. The number of carbonyl (C=O) groups excluding carboxylic acids is 1. The van der Waals surface area contributed by atoms with Crippen LogP contribution in [0.2, 0.25) is 0 Å². The lowest BCUT2D eigenvalue weighted by molar-refractivity contribution is 0.0945. The fourth-order valence-corrected chi connectivity index (χ4v) is 1.48. The molecule has 1 unspecified atom stereocenters. The van der Waals surface area contributed by atoms with Gasteiger partial charge in [-0.05, 0) is 24.1 Å². The van der Waals surface area contributed by atoms with Gasteiger partial charge in [-0.25, -0.2) is 0 Å². The number of aliphatic hydroxyl groups is 1. The standard InChI is InChI=1S/C14H22N2O2/c1-3-11(2)10-16-13-6-4-5-12(9-13)14(18)15-7-8-17/h4-6,9,11,16-17H,3,7-8,10H2,1-2H3,(H,15,18). The van der Waals surface area contributed by atoms with Crippen molar-refractivity contribution in [2.45, 2.75) is 20.3 Å². The number of benzene rings is 1. The Balaban J connectivity index is 2.58. The van der Waals surface area contributed by atoms with E-state index in [0.29, 0.717) is 11.5 Å². The molecule has 4 nitrogen and oxygen atoms in total. The minimum atomic E-state index is -0.156. The molecule has 1 rings (SSSR count). The molecule has 0 radical (unpaired) electrons. The summed E-state index contributed by atoms with van der Waals surface area (Å²) in [6.07, 6.45) is 1.13. The van der Waals surface area contributed by atoms with Gasteiger partial charge in [0.1, 0.15) is 0 Å². The first-order valence-corrected chi connectivity index (χ1v) is 6.40. The van der Waals surface area contributed by atoms with Crippen LogP contribution in [0.4, 0.5) is 5.69 Å². The molecule has 1 aromatic carbocycles. The largest absolute Gasteiger partial charge is 0.395 e. The van der Waals surface area contributed by atoms with Crippen molar-refractivity contribution in [1.29, 1.82) is 0 Å². The van der Waals surface area contributed by atoms with E-state index in [4.69, 9.17) is 5.11 Å². The van der Waals surface area contributed by atoms with Gasteiger partial charge in [0.15, 0.2) is 0 Å². The summed E-state index contributed by atoms with van der Waals surface area (Å²) in [5.74, 6) is 0.452. The van der Waals surface area contributed by atoms with Gasteiger partial charge in [-0.3, -0.25) is 4.79 Å². The van der Waals surface area contributed by atoms with Gasteiger partial charge in [0, 0.05) is 24.3 Å². The quantitative estimate of drug-likeness (QED) is 0.692. The molecule has 0 spiro atoms. The Morgan fingerprint density at radius 2 is 2.22 bits per heavy atom. The van der Waals surface area contributed by atoms with E-state index in [1.807, 2.05) is 18.2 Å². The van der Waals surface area contributed by atoms with Crippen molar-refractivity contribution >= 4 is 11.6 Å². The Hall–Kier alpha value is -1.55. The van der Waals surface area contributed by atoms with Crippen molar-refractivity contribution in [1.82, 2.24) is 5.32 Å². The minimum absolute atomic E-state index is 0.0440. The number of carbonyl (C=O) groups is 1. The van der Waals surface area contributed by atoms with Crippen LogP contribution in [0, 0.1) is 5.92 Å². The zero-order valence-corrected chi connectivity index (χ0v) is 11.1. The van der Waals surface area contributed by atoms with E-state index >= 15 is 0 Å². The van der Waals surface area contributed by atoms with Crippen molar-refractivity contribution in [3.63, 3.8) is 0 Å². The molecule has 0 aromatic heterocycles. The number of hydrogen-bond donors (Lipinski definition) is 3. The van der Waals surface area contributed by atoms with Crippen molar-refractivity contribution in [3.05, 3.63) is 29.8 Å². The minimum Gasteiger partial charge on any atom is -0.395 e. The van der Waals surface area contributed by atoms with Crippen LogP contribution in [0.15, 0.2) is 24.3 Å². The second-order valence-electron chi connectivity index (χ2n) is 4.45. The summed E-state index contributed by atoms with van der Waals surface area (Å²) in [7, 11) is 0. The van der Waals surface area contributed by atoms with Gasteiger partial charge in [-0.2, -0.15) is 0 Å². The van der Waals surface area contributed by atoms with Crippen molar-refractivity contribution in [2.24, 2.45) is 5.92 Å². The fraction of sp³-hybridized carbons (Fsp3) is 0.500. The Bertz CT molecular complexity index is 380. The summed E-state index contributed by atoms with van der Waals surface area (Å²) in [4.78, 5) is 11.7. The van der Waals surface area contributed by atoms with E-state index in [1.54, 1.807) is 6.07 Å². The van der Waals surface area contributed by atoms with Crippen molar-refractivity contribution < 1.29 is 9.90 Å². The van der Waals surface area contributed by atoms with E-state index in [-0.39, 0.29) is 19.1 Å². The first-order valence-electron chi connectivity index (χ1n) is 6.40. The second-order valence-corrected chi connectivity index (χ2v) is 4.45. The lowest BCUT2D eigenvalue weighted by Crippen LogP contribution is -2.26. The molecule has 1 aromatic rings. The maximum Gasteiger partial charge on any atom is 0.251 e. The van der Waals surface area contributed by atoms with Gasteiger partial charge in [-0.15, -0.1) is 0 Å². The van der Waals surface area contributed by atoms with Crippen LogP contribution in [0.3, 0.4) is 0 Å². The predicted octanol–water partition coefficient (Wildman–Crippen LogP) is 1.87. The fourth-order valence-electron chi connectivity index (χ4n) is 1.48. The maximum atomic E-state index is 11.7. The van der Waals surface area contributed by atoms with Gasteiger partial charge < -0.3 is 15.7 Å². The molecule has 0 aliphatic carbocycles. The molecule has 0 heterocycles. The molecule has 0 bridgehead atoms. The zero-order valence-electron chi connectivity index (χ0n) is 11.1. The van der Waals surface area contributed by atoms with Gasteiger partial charge >= 0.3 is 0 Å². The lowest BCUT2D eigenvalue weighted by atomic mass is 10.1. The Kier molecular flexibility index (Phi) is 6.22. The first kappa shape index (κ1) is 14.5. The summed E-state index contributed by atoms with van der Waals surface area (Å²) in [6, 6.07) is 7.40. The average molecular weight is 250 g/mol. The molecule has 1 atom stereocenters. The number of anilines is 1. The molecule has 0 aliphatic heterocycles. The highest BCUT2D eigenvalue weighted by Gasteiger charge is 2.05. The number of aliphatic hydroxyl groups excluding tert-OH is 1. The third kappa shape index (κ3) is 4.75. The van der Waals surface area contributed by atoms with Crippen molar-refractivity contribution in [3.8, 4) is 0 Å². The Morgan fingerprint density at radius 1 is 1.44 bits per heavy atom. The molecular weight excluding hydrogens is 228 g/mol. The summed E-state index contributed by atoms with van der Waals surface area (Å²) in [5.41, 5.74) is 1.56. The lowest BCUT2D eigenvalue weighted by Gasteiger charge is -2.12. The third-order valence-electron chi connectivity index (χ3n) is 2.87. The van der Waals surface area contributed by atoms with Crippen LogP contribution < -0.4 is 10.6 Å². The average Bonchev–Trinajstić information content (AvgIpc) is 2.42. The third-order valence-corrected chi connectivity index (χ3v) is 2.87. The molecule has 3 N–H and O–H groups in total.